The van der Waals surface area contributed by atoms with Crippen LogP contribution in [0.1, 0.15) is 25.0 Å². The van der Waals surface area contributed by atoms with Gasteiger partial charge in [-0.05, 0) is 29.7 Å². The number of nitro benzene ring substituents is 1. The van der Waals surface area contributed by atoms with Gasteiger partial charge in [0.2, 0.25) is 0 Å². The monoisotopic (exact) mass is 287 g/mol. The average molecular weight is 287 g/mol. The first-order chi connectivity index (χ1) is 10.0. The van der Waals surface area contributed by atoms with E-state index in [4.69, 9.17) is 0 Å². The molecule has 0 aliphatic heterocycles. The zero-order valence-electron chi connectivity index (χ0n) is 12.5. The van der Waals surface area contributed by atoms with Crippen molar-refractivity contribution in [3.8, 4) is 0 Å². The fourth-order valence-corrected chi connectivity index (χ4v) is 2.18. The summed E-state index contributed by atoms with van der Waals surface area (Å²) >= 11 is 0. The van der Waals surface area contributed by atoms with Crippen LogP contribution in [-0.4, -0.2) is 16.0 Å². The van der Waals surface area contributed by atoms with E-state index in [1.165, 1.54) is 11.6 Å². The van der Waals surface area contributed by atoms with E-state index in [2.05, 4.69) is 31.4 Å². The molecule has 0 amide bonds. The second-order valence-corrected chi connectivity index (χ2v) is 5.64. The number of non-ortho nitro benzene ring substituents is 1. The van der Waals surface area contributed by atoms with Gasteiger partial charge >= 0.3 is 0 Å². The van der Waals surface area contributed by atoms with Gasteiger partial charge in [-0.3, -0.25) is 10.1 Å². The molecule has 0 atom stereocenters. The molecule has 1 N–H and O–H groups in total. The van der Waals surface area contributed by atoms with E-state index in [0.717, 1.165) is 18.7 Å². The lowest BCUT2D eigenvalue weighted by molar-refractivity contribution is -0.384. The van der Waals surface area contributed by atoms with Crippen molar-refractivity contribution in [1.29, 1.82) is 0 Å². The van der Waals surface area contributed by atoms with Gasteiger partial charge in [-0.15, -0.1) is 0 Å². The van der Waals surface area contributed by atoms with Crippen LogP contribution in [0.3, 0.4) is 0 Å². The molecule has 1 aromatic carbocycles. The van der Waals surface area contributed by atoms with E-state index < -0.39 is 0 Å². The van der Waals surface area contributed by atoms with Crippen LogP contribution in [0.25, 0.3) is 0 Å². The van der Waals surface area contributed by atoms with Crippen LogP contribution in [0.4, 0.5) is 5.69 Å². The van der Waals surface area contributed by atoms with Gasteiger partial charge < -0.3 is 9.88 Å². The number of hydrogen-bond acceptors (Lipinski definition) is 3. The molecule has 112 valence electrons. The molecule has 0 aliphatic rings. The van der Waals surface area contributed by atoms with E-state index in [9.17, 15) is 10.1 Å². The third-order valence-electron chi connectivity index (χ3n) is 3.18. The summed E-state index contributed by atoms with van der Waals surface area (Å²) < 4.78 is 2.05. The topological polar surface area (TPSA) is 60.1 Å². The van der Waals surface area contributed by atoms with Crippen LogP contribution >= 0.6 is 0 Å². The molecule has 21 heavy (non-hydrogen) atoms. The molecule has 2 rings (SSSR count). The SMILES string of the molecule is CC(C)CNCc1ccn(Cc2cccc([N+](=O)[O-])c2)c1. The quantitative estimate of drug-likeness (QED) is 0.628. The minimum atomic E-state index is -0.361. The Morgan fingerprint density at radius 1 is 1.29 bits per heavy atom. The molecular weight excluding hydrogens is 266 g/mol. The van der Waals surface area contributed by atoms with Crippen molar-refractivity contribution in [2.75, 3.05) is 6.54 Å². The highest BCUT2D eigenvalue weighted by molar-refractivity contribution is 5.34. The smallest absolute Gasteiger partial charge is 0.269 e. The number of nitro groups is 1. The summed E-state index contributed by atoms with van der Waals surface area (Å²) in [5.41, 5.74) is 2.29. The summed E-state index contributed by atoms with van der Waals surface area (Å²) in [6.07, 6.45) is 4.08. The van der Waals surface area contributed by atoms with Crippen LogP contribution < -0.4 is 5.32 Å². The Kier molecular flexibility index (Phi) is 5.11. The molecule has 0 saturated carbocycles. The number of nitrogens with zero attached hydrogens (tertiary/aromatic N) is 2. The average Bonchev–Trinajstić information content (AvgIpc) is 2.86. The van der Waals surface area contributed by atoms with Crippen LogP contribution in [-0.2, 0) is 13.1 Å². The maximum Gasteiger partial charge on any atom is 0.269 e. The molecule has 0 radical (unpaired) electrons. The zero-order chi connectivity index (χ0) is 15.2. The van der Waals surface area contributed by atoms with Crippen molar-refractivity contribution in [3.63, 3.8) is 0 Å². The summed E-state index contributed by atoms with van der Waals surface area (Å²) in [5.74, 6) is 0.636. The standard InChI is InChI=1S/C16H21N3O2/c1-13(2)9-17-10-15-6-7-18(12-15)11-14-4-3-5-16(8-14)19(20)21/h3-8,12-13,17H,9-11H2,1-2H3. The van der Waals surface area contributed by atoms with Crippen molar-refractivity contribution in [2.45, 2.75) is 26.9 Å². The number of hydrogen-bond donors (Lipinski definition) is 1. The molecule has 0 unspecified atom stereocenters. The minimum Gasteiger partial charge on any atom is -0.350 e. The van der Waals surface area contributed by atoms with Crippen LogP contribution in [0.2, 0.25) is 0 Å². The summed E-state index contributed by atoms with van der Waals surface area (Å²) in [7, 11) is 0. The fraction of sp³-hybridized carbons (Fsp3) is 0.375. The highest BCUT2D eigenvalue weighted by atomic mass is 16.6. The van der Waals surface area contributed by atoms with E-state index in [0.29, 0.717) is 12.5 Å². The Morgan fingerprint density at radius 2 is 2.10 bits per heavy atom. The summed E-state index contributed by atoms with van der Waals surface area (Å²) in [4.78, 5) is 10.4. The second-order valence-electron chi connectivity index (χ2n) is 5.64. The molecule has 1 heterocycles. The minimum absolute atomic E-state index is 0.137. The van der Waals surface area contributed by atoms with Gasteiger partial charge in [0.15, 0.2) is 0 Å². The molecule has 5 nitrogen and oxygen atoms in total. The fourth-order valence-electron chi connectivity index (χ4n) is 2.18. The number of benzene rings is 1. The number of nitrogens with one attached hydrogen (secondary N) is 1. The van der Waals surface area contributed by atoms with Gasteiger partial charge in [-0.2, -0.15) is 0 Å². The molecule has 0 spiro atoms. The highest BCUT2D eigenvalue weighted by Crippen LogP contribution is 2.14. The lowest BCUT2D eigenvalue weighted by Gasteiger charge is -2.06. The van der Waals surface area contributed by atoms with E-state index >= 15 is 0 Å². The van der Waals surface area contributed by atoms with Crippen molar-refractivity contribution in [2.24, 2.45) is 5.92 Å². The molecule has 0 fully saturated rings. The Balaban J connectivity index is 1.96. The predicted molar refractivity (Wildman–Crippen MR) is 83.2 cm³/mol. The van der Waals surface area contributed by atoms with Crippen molar-refractivity contribution in [3.05, 3.63) is 64.0 Å². The van der Waals surface area contributed by atoms with Crippen molar-refractivity contribution >= 4 is 5.69 Å². The van der Waals surface area contributed by atoms with Crippen LogP contribution in [0, 0.1) is 16.0 Å². The Morgan fingerprint density at radius 3 is 2.81 bits per heavy atom. The molecule has 5 heteroatoms. The summed E-state index contributed by atoms with van der Waals surface area (Å²) in [6, 6.07) is 8.84. The number of rotatable bonds is 7. The Bertz CT molecular complexity index is 605. The van der Waals surface area contributed by atoms with E-state index in [1.807, 2.05) is 16.8 Å². The van der Waals surface area contributed by atoms with Crippen LogP contribution in [0.15, 0.2) is 42.7 Å². The van der Waals surface area contributed by atoms with Gasteiger partial charge in [-0.1, -0.05) is 26.0 Å². The maximum absolute atomic E-state index is 10.8. The molecule has 0 saturated heterocycles. The molecular formula is C16H21N3O2. The first kappa shape index (κ1) is 15.3. The van der Waals surface area contributed by atoms with Gasteiger partial charge in [0.05, 0.1) is 4.92 Å². The molecule has 0 aliphatic carbocycles. The van der Waals surface area contributed by atoms with Gasteiger partial charge in [0, 0.05) is 37.6 Å². The van der Waals surface area contributed by atoms with Crippen molar-refractivity contribution in [1.82, 2.24) is 9.88 Å². The Labute approximate surface area is 124 Å². The molecule has 2 aromatic rings. The largest absolute Gasteiger partial charge is 0.350 e. The molecule has 1 aromatic heterocycles. The normalized spacial score (nSPS) is 11.0. The van der Waals surface area contributed by atoms with Gasteiger partial charge in [0.1, 0.15) is 0 Å². The maximum atomic E-state index is 10.8. The zero-order valence-corrected chi connectivity index (χ0v) is 12.5. The van der Waals surface area contributed by atoms with E-state index in [-0.39, 0.29) is 10.6 Å². The molecule has 0 bridgehead atoms. The van der Waals surface area contributed by atoms with Gasteiger partial charge in [0.25, 0.3) is 5.69 Å². The summed E-state index contributed by atoms with van der Waals surface area (Å²) in [6.45, 7) is 6.85. The first-order valence-corrected chi connectivity index (χ1v) is 7.13. The number of aromatic nitrogens is 1. The van der Waals surface area contributed by atoms with Gasteiger partial charge in [-0.25, -0.2) is 0 Å². The predicted octanol–water partition coefficient (Wildman–Crippen LogP) is 3.19. The lowest BCUT2D eigenvalue weighted by atomic mass is 10.2. The third-order valence-corrected chi connectivity index (χ3v) is 3.18. The third kappa shape index (κ3) is 4.72. The Hall–Kier alpha value is -2.14. The van der Waals surface area contributed by atoms with E-state index in [1.54, 1.807) is 12.1 Å². The first-order valence-electron chi connectivity index (χ1n) is 7.13. The van der Waals surface area contributed by atoms with Crippen molar-refractivity contribution < 1.29 is 4.92 Å². The van der Waals surface area contributed by atoms with Crippen LogP contribution in [0.5, 0.6) is 0 Å². The highest BCUT2D eigenvalue weighted by Gasteiger charge is 2.06. The summed E-state index contributed by atoms with van der Waals surface area (Å²) in [5, 5.41) is 14.2. The lowest BCUT2D eigenvalue weighted by Crippen LogP contribution is -2.18. The second kappa shape index (κ2) is 7.04.